The van der Waals surface area contributed by atoms with E-state index in [1.165, 1.54) is 31.4 Å². The second-order valence-corrected chi connectivity index (χ2v) is 6.47. The van der Waals surface area contributed by atoms with Gasteiger partial charge in [0.05, 0.1) is 0 Å². The van der Waals surface area contributed by atoms with Gasteiger partial charge in [-0.2, -0.15) is 0 Å². The van der Waals surface area contributed by atoms with Crippen LogP contribution in [0.3, 0.4) is 0 Å². The third kappa shape index (κ3) is 2.90. The highest BCUT2D eigenvalue weighted by Crippen LogP contribution is 2.29. The molecule has 0 bridgehead atoms. The Bertz CT molecular complexity index is 418. The maximum Gasteiger partial charge on any atom is 0.0380 e. The molecule has 110 valence electrons. The van der Waals surface area contributed by atoms with Crippen molar-refractivity contribution in [2.45, 2.75) is 43.9 Å². The van der Waals surface area contributed by atoms with E-state index in [1.54, 1.807) is 0 Å². The van der Waals surface area contributed by atoms with E-state index in [4.69, 9.17) is 0 Å². The van der Waals surface area contributed by atoms with E-state index in [9.17, 15) is 0 Å². The minimum Gasteiger partial charge on any atom is -0.310 e. The lowest BCUT2D eigenvalue weighted by Gasteiger charge is -2.49. The molecule has 0 spiro atoms. The zero-order chi connectivity index (χ0) is 13.9. The van der Waals surface area contributed by atoms with Gasteiger partial charge in [0.15, 0.2) is 0 Å². The second-order valence-electron chi connectivity index (χ2n) is 6.47. The topological polar surface area (TPSA) is 18.5 Å². The van der Waals surface area contributed by atoms with Crippen molar-refractivity contribution in [3.8, 4) is 0 Å². The molecule has 3 rings (SSSR count). The molecule has 2 fully saturated rings. The summed E-state index contributed by atoms with van der Waals surface area (Å²) >= 11 is 0. The summed E-state index contributed by atoms with van der Waals surface area (Å²) in [4.78, 5) is 5.11. The van der Waals surface area contributed by atoms with E-state index in [-0.39, 0.29) is 0 Å². The van der Waals surface area contributed by atoms with E-state index in [1.807, 2.05) is 0 Å². The fraction of sp³-hybridized carbons (Fsp3) is 0.647. The molecule has 2 aliphatic rings. The standard InChI is InChI=1S/C17H27N3/c1-19(2)15-9-6-10-16-17(15)18-11-12-20(16)13-14-7-4-3-5-8-14/h3-5,7-8,15-18H,6,9-13H2,1-2H3/t15-,16+,17+/m1/s1. The van der Waals surface area contributed by atoms with Crippen LogP contribution in [-0.4, -0.2) is 55.1 Å². The highest BCUT2D eigenvalue weighted by atomic mass is 15.3. The molecule has 1 aromatic carbocycles. The van der Waals surface area contributed by atoms with E-state index in [0.717, 1.165) is 13.1 Å². The van der Waals surface area contributed by atoms with Crippen molar-refractivity contribution >= 4 is 0 Å². The summed E-state index contributed by atoms with van der Waals surface area (Å²) in [6, 6.07) is 12.9. The number of nitrogens with one attached hydrogen (secondary N) is 1. The molecule has 1 heterocycles. The Morgan fingerprint density at radius 1 is 1.20 bits per heavy atom. The molecule has 20 heavy (non-hydrogen) atoms. The molecule has 3 heteroatoms. The average molecular weight is 273 g/mol. The smallest absolute Gasteiger partial charge is 0.0380 e. The Hall–Kier alpha value is -0.900. The van der Waals surface area contributed by atoms with Crippen LogP contribution in [0, 0.1) is 0 Å². The first-order valence-electron chi connectivity index (χ1n) is 7.93. The van der Waals surface area contributed by atoms with Crippen LogP contribution in [0.5, 0.6) is 0 Å². The van der Waals surface area contributed by atoms with Gasteiger partial charge in [0, 0.05) is 37.8 Å². The van der Waals surface area contributed by atoms with Gasteiger partial charge in [-0.05, 0) is 32.5 Å². The summed E-state index contributed by atoms with van der Waals surface area (Å²) in [6.45, 7) is 3.40. The molecule has 3 atom stereocenters. The van der Waals surface area contributed by atoms with Crippen LogP contribution < -0.4 is 5.32 Å². The zero-order valence-corrected chi connectivity index (χ0v) is 12.8. The Kier molecular flexibility index (Phi) is 4.39. The Balaban J connectivity index is 1.72. The summed E-state index contributed by atoms with van der Waals surface area (Å²) in [6.07, 6.45) is 4.03. The summed E-state index contributed by atoms with van der Waals surface area (Å²) in [5.41, 5.74) is 1.44. The average Bonchev–Trinajstić information content (AvgIpc) is 2.48. The predicted molar refractivity (Wildman–Crippen MR) is 83.8 cm³/mol. The van der Waals surface area contributed by atoms with Crippen molar-refractivity contribution in [2.75, 3.05) is 27.2 Å². The highest BCUT2D eigenvalue weighted by molar-refractivity contribution is 5.15. The maximum atomic E-state index is 3.78. The molecule has 0 amide bonds. The molecule has 1 aliphatic carbocycles. The van der Waals surface area contributed by atoms with E-state index in [2.05, 4.69) is 59.5 Å². The largest absolute Gasteiger partial charge is 0.310 e. The van der Waals surface area contributed by atoms with E-state index in [0.29, 0.717) is 18.1 Å². The second kappa shape index (κ2) is 6.25. The number of hydrogen-bond donors (Lipinski definition) is 1. The number of likely N-dealkylation sites (N-methyl/N-ethyl adjacent to an activating group) is 1. The van der Waals surface area contributed by atoms with E-state index >= 15 is 0 Å². The minimum atomic E-state index is 0.635. The molecule has 1 aliphatic heterocycles. The number of nitrogens with zero attached hydrogens (tertiary/aromatic N) is 2. The monoisotopic (exact) mass is 273 g/mol. The first-order valence-corrected chi connectivity index (χ1v) is 7.93. The Morgan fingerprint density at radius 2 is 2.00 bits per heavy atom. The lowest BCUT2D eigenvalue weighted by atomic mass is 9.83. The Morgan fingerprint density at radius 3 is 2.75 bits per heavy atom. The van der Waals surface area contributed by atoms with Gasteiger partial charge in [0.25, 0.3) is 0 Å². The predicted octanol–water partition coefficient (Wildman–Crippen LogP) is 1.94. The van der Waals surface area contributed by atoms with Gasteiger partial charge in [-0.25, -0.2) is 0 Å². The minimum absolute atomic E-state index is 0.635. The van der Waals surface area contributed by atoms with E-state index < -0.39 is 0 Å². The molecule has 1 aromatic rings. The van der Waals surface area contributed by atoms with Crippen molar-refractivity contribution in [3.05, 3.63) is 35.9 Å². The van der Waals surface area contributed by atoms with Crippen LogP contribution >= 0.6 is 0 Å². The third-order valence-corrected chi connectivity index (χ3v) is 4.97. The summed E-state index contributed by atoms with van der Waals surface area (Å²) < 4.78 is 0. The first-order chi connectivity index (χ1) is 9.75. The SMILES string of the molecule is CN(C)[C@@H]1CCC[C@H]2[C@H]1NCCN2Cc1ccccc1. The summed E-state index contributed by atoms with van der Waals surface area (Å²) in [7, 11) is 4.45. The number of fused-ring (bicyclic) bond motifs is 1. The highest BCUT2D eigenvalue weighted by Gasteiger charge is 2.39. The molecule has 3 nitrogen and oxygen atoms in total. The summed E-state index contributed by atoms with van der Waals surface area (Å²) in [5, 5.41) is 3.78. The van der Waals surface area contributed by atoms with Gasteiger partial charge in [0.1, 0.15) is 0 Å². The van der Waals surface area contributed by atoms with Crippen molar-refractivity contribution < 1.29 is 0 Å². The maximum absolute atomic E-state index is 3.78. The van der Waals surface area contributed by atoms with Gasteiger partial charge in [-0.3, -0.25) is 4.90 Å². The molecular formula is C17H27N3. The van der Waals surface area contributed by atoms with Crippen molar-refractivity contribution in [1.82, 2.24) is 15.1 Å². The lowest BCUT2D eigenvalue weighted by Crippen LogP contribution is -2.65. The van der Waals surface area contributed by atoms with Crippen LogP contribution in [0.2, 0.25) is 0 Å². The Labute approximate surface area is 123 Å². The molecule has 0 unspecified atom stereocenters. The fourth-order valence-electron chi connectivity index (χ4n) is 3.97. The third-order valence-electron chi connectivity index (χ3n) is 4.97. The first kappa shape index (κ1) is 14.1. The molecule has 1 saturated carbocycles. The summed E-state index contributed by atoms with van der Waals surface area (Å²) in [5.74, 6) is 0. The molecule has 1 saturated heterocycles. The molecule has 1 N–H and O–H groups in total. The van der Waals surface area contributed by atoms with Crippen LogP contribution in [-0.2, 0) is 6.54 Å². The molecule has 0 aromatic heterocycles. The van der Waals surface area contributed by atoms with Gasteiger partial charge in [-0.1, -0.05) is 36.8 Å². The fourth-order valence-corrected chi connectivity index (χ4v) is 3.97. The number of rotatable bonds is 3. The zero-order valence-electron chi connectivity index (χ0n) is 12.8. The number of piperazine rings is 1. The van der Waals surface area contributed by atoms with Crippen LogP contribution in [0.4, 0.5) is 0 Å². The molecule has 0 radical (unpaired) electrons. The quantitative estimate of drug-likeness (QED) is 0.908. The van der Waals surface area contributed by atoms with Crippen LogP contribution in [0.1, 0.15) is 24.8 Å². The van der Waals surface area contributed by atoms with Crippen molar-refractivity contribution in [2.24, 2.45) is 0 Å². The van der Waals surface area contributed by atoms with Crippen LogP contribution in [0.25, 0.3) is 0 Å². The van der Waals surface area contributed by atoms with Gasteiger partial charge in [-0.15, -0.1) is 0 Å². The number of benzene rings is 1. The van der Waals surface area contributed by atoms with Gasteiger partial charge < -0.3 is 10.2 Å². The molecular weight excluding hydrogens is 246 g/mol. The van der Waals surface area contributed by atoms with Crippen LogP contribution in [0.15, 0.2) is 30.3 Å². The van der Waals surface area contributed by atoms with Crippen molar-refractivity contribution in [3.63, 3.8) is 0 Å². The lowest BCUT2D eigenvalue weighted by molar-refractivity contribution is 0.0359. The normalized spacial score (nSPS) is 31.2. The number of hydrogen-bond acceptors (Lipinski definition) is 3. The van der Waals surface area contributed by atoms with Crippen molar-refractivity contribution in [1.29, 1.82) is 0 Å². The van der Waals surface area contributed by atoms with Gasteiger partial charge in [0.2, 0.25) is 0 Å². The van der Waals surface area contributed by atoms with Gasteiger partial charge >= 0.3 is 0 Å².